The van der Waals surface area contributed by atoms with Gasteiger partial charge in [0, 0.05) is 34.6 Å². The molecule has 1 fully saturated rings. The molecule has 0 unspecified atom stereocenters. The molecule has 2 heterocycles. The molecule has 0 aliphatic carbocycles. The van der Waals surface area contributed by atoms with Gasteiger partial charge in [-0.05, 0) is 60.5 Å². The molecule has 1 aliphatic heterocycles. The maximum Gasteiger partial charge on any atom is 0.294 e. The van der Waals surface area contributed by atoms with E-state index in [9.17, 15) is 24.5 Å². The van der Waals surface area contributed by atoms with Crippen molar-refractivity contribution < 1.29 is 19.3 Å². The molecule has 3 aromatic rings. The standard InChI is InChI=1S/C23H18N4O5S2/c1-33-19-9-2-5-15(11-19)24-21(28)14-26-22(29)20(34-23(26)30)13-17-8-4-10-25(17)16-6-3-7-18(12-16)27(31)32/h2-13H,14H2,1H3,(H,24,28)/b20-13-. The molecule has 4 rings (SSSR count). The summed E-state index contributed by atoms with van der Waals surface area (Å²) in [4.78, 5) is 50.4. The second-order valence-corrected chi connectivity index (χ2v) is 9.00. The Balaban J connectivity index is 1.51. The average molecular weight is 495 g/mol. The second kappa shape index (κ2) is 9.98. The maximum absolute atomic E-state index is 12.9. The smallest absolute Gasteiger partial charge is 0.294 e. The zero-order chi connectivity index (χ0) is 24.2. The van der Waals surface area contributed by atoms with Gasteiger partial charge in [0.15, 0.2) is 0 Å². The van der Waals surface area contributed by atoms with Crippen LogP contribution in [0.15, 0.2) is 76.7 Å². The van der Waals surface area contributed by atoms with Crippen molar-refractivity contribution in [3.8, 4) is 5.69 Å². The van der Waals surface area contributed by atoms with Crippen LogP contribution < -0.4 is 5.32 Å². The largest absolute Gasteiger partial charge is 0.324 e. The maximum atomic E-state index is 12.9. The highest BCUT2D eigenvalue weighted by molar-refractivity contribution is 8.18. The minimum Gasteiger partial charge on any atom is -0.324 e. The van der Waals surface area contributed by atoms with Crippen LogP contribution in [0.3, 0.4) is 0 Å². The Kier molecular flexibility index (Phi) is 6.85. The van der Waals surface area contributed by atoms with Crippen molar-refractivity contribution in [3.63, 3.8) is 0 Å². The number of nitrogens with one attached hydrogen (secondary N) is 1. The molecule has 9 nitrogen and oxygen atoms in total. The third-order valence-corrected chi connectivity index (χ3v) is 6.54. The van der Waals surface area contributed by atoms with Gasteiger partial charge in [-0.2, -0.15) is 0 Å². The molecule has 172 valence electrons. The highest BCUT2D eigenvalue weighted by Crippen LogP contribution is 2.33. The van der Waals surface area contributed by atoms with E-state index in [0.717, 1.165) is 21.6 Å². The summed E-state index contributed by atoms with van der Waals surface area (Å²) in [6.45, 7) is -0.405. The number of nitro groups is 1. The molecule has 3 amide bonds. The molecule has 1 N–H and O–H groups in total. The first-order chi connectivity index (χ1) is 16.4. The molecule has 0 atom stereocenters. The zero-order valence-corrected chi connectivity index (χ0v) is 19.5. The SMILES string of the molecule is CSc1cccc(NC(=O)CN2C(=O)S/C(=C\c3cccn3-c3cccc([N+](=O)[O-])c3)C2=O)c1. The summed E-state index contributed by atoms with van der Waals surface area (Å²) < 4.78 is 1.67. The van der Waals surface area contributed by atoms with Gasteiger partial charge in [-0.3, -0.25) is 29.4 Å². The van der Waals surface area contributed by atoms with Crippen molar-refractivity contribution in [2.24, 2.45) is 0 Å². The number of carbonyl (C=O) groups is 3. The summed E-state index contributed by atoms with van der Waals surface area (Å²) in [7, 11) is 0. The fourth-order valence-corrected chi connectivity index (χ4v) is 4.60. The average Bonchev–Trinajstić information content (AvgIpc) is 3.39. The molecule has 0 bridgehead atoms. The lowest BCUT2D eigenvalue weighted by atomic mass is 10.2. The first kappa shape index (κ1) is 23.3. The van der Waals surface area contributed by atoms with E-state index in [-0.39, 0.29) is 10.6 Å². The minimum atomic E-state index is -0.574. The highest BCUT2D eigenvalue weighted by Gasteiger charge is 2.36. The van der Waals surface area contributed by atoms with Gasteiger partial charge < -0.3 is 9.88 Å². The predicted molar refractivity (Wildman–Crippen MR) is 132 cm³/mol. The summed E-state index contributed by atoms with van der Waals surface area (Å²) in [5.41, 5.74) is 1.61. The van der Waals surface area contributed by atoms with Gasteiger partial charge in [-0.15, -0.1) is 11.8 Å². The van der Waals surface area contributed by atoms with Crippen molar-refractivity contribution in [1.29, 1.82) is 0 Å². The van der Waals surface area contributed by atoms with Crippen molar-refractivity contribution in [2.75, 3.05) is 18.1 Å². The quantitative estimate of drug-likeness (QED) is 0.217. The van der Waals surface area contributed by atoms with E-state index in [1.54, 1.807) is 53.2 Å². The number of thioether (sulfide) groups is 2. The lowest BCUT2D eigenvalue weighted by Gasteiger charge is -2.13. The Hall–Kier alpha value is -3.83. The fraction of sp³-hybridized carbons (Fsp3) is 0.0870. The first-order valence-corrected chi connectivity index (χ1v) is 12.0. The number of rotatable bonds is 7. The number of non-ortho nitro benzene ring substituents is 1. The predicted octanol–water partition coefficient (Wildman–Crippen LogP) is 4.78. The lowest BCUT2D eigenvalue weighted by Crippen LogP contribution is -2.36. The second-order valence-electron chi connectivity index (χ2n) is 7.13. The Morgan fingerprint density at radius 1 is 1.15 bits per heavy atom. The molecule has 2 aromatic carbocycles. The van der Waals surface area contributed by atoms with Gasteiger partial charge in [-0.1, -0.05) is 12.1 Å². The zero-order valence-electron chi connectivity index (χ0n) is 17.8. The summed E-state index contributed by atoms with van der Waals surface area (Å²) in [6.07, 6.45) is 5.15. The molecule has 1 saturated heterocycles. The molecule has 0 saturated carbocycles. The van der Waals surface area contributed by atoms with Gasteiger partial charge in [0.1, 0.15) is 6.54 Å². The molecule has 34 heavy (non-hydrogen) atoms. The third-order valence-electron chi connectivity index (χ3n) is 4.91. The normalized spacial score (nSPS) is 14.6. The van der Waals surface area contributed by atoms with Crippen LogP contribution in [-0.2, 0) is 9.59 Å². The van der Waals surface area contributed by atoms with Crippen LogP contribution in [0.1, 0.15) is 5.69 Å². The number of carbonyl (C=O) groups excluding carboxylic acids is 3. The van der Waals surface area contributed by atoms with Crippen LogP contribution in [0.2, 0.25) is 0 Å². The fourth-order valence-electron chi connectivity index (χ4n) is 3.32. The van der Waals surface area contributed by atoms with Gasteiger partial charge in [0.05, 0.1) is 15.5 Å². The first-order valence-electron chi connectivity index (χ1n) is 9.97. The van der Waals surface area contributed by atoms with Gasteiger partial charge in [-0.25, -0.2) is 0 Å². The molecular weight excluding hydrogens is 476 g/mol. The van der Waals surface area contributed by atoms with Crippen LogP contribution in [0.5, 0.6) is 0 Å². The van der Waals surface area contributed by atoms with E-state index in [0.29, 0.717) is 17.1 Å². The van der Waals surface area contributed by atoms with Crippen LogP contribution >= 0.6 is 23.5 Å². The number of anilines is 1. The van der Waals surface area contributed by atoms with Gasteiger partial charge >= 0.3 is 0 Å². The van der Waals surface area contributed by atoms with Crippen molar-refractivity contribution in [2.45, 2.75) is 4.90 Å². The van der Waals surface area contributed by atoms with Crippen LogP contribution in [0, 0.1) is 10.1 Å². The Morgan fingerprint density at radius 3 is 2.71 bits per heavy atom. The van der Waals surface area contributed by atoms with Crippen molar-refractivity contribution in [1.82, 2.24) is 9.47 Å². The van der Waals surface area contributed by atoms with Crippen LogP contribution in [0.4, 0.5) is 16.2 Å². The molecule has 11 heteroatoms. The molecule has 0 spiro atoms. The monoisotopic (exact) mass is 494 g/mol. The molecule has 0 radical (unpaired) electrons. The number of imide groups is 1. The van der Waals surface area contributed by atoms with E-state index < -0.39 is 28.5 Å². The van der Waals surface area contributed by atoms with E-state index in [1.165, 1.54) is 30.0 Å². The molecule has 1 aromatic heterocycles. The third kappa shape index (κ3) is 5.05. The minimum absolute atomic E-state index is 0.0634. The van der Waals surface area contributed by atoms with E-state index in [2.05, 4.69) is 5.32 Å². The van der Waals surface area contributed by atoms with Crippen LogP contribution in [-0.4, -0.2) is 44.2 Å². The van der Waals surface area contributed by atoms with Crippen molar-refractivity contribution in [3.05, 3.63) is 87.6 Å². The number of nitro benzene ring substituents is 1. The Morgan fingerprint density at radius 2 is 1.94 bits per heavy atom. The summed E-state index contributed by atoms with van der Waals surface area (Å²) in [5, 5.41) is 13.3. The Labute approximate surface area is 203 Å². The van der Waals surface area contributed by atoms with E-state index in [4.69, 9.17) is 0 Å². The van der Waals surface area contributed by atoms with E-state index in [1.807, 2.05) is 12.3 Å². The Bertz CT molecular complexity index is 1330. The lowest BCUT2D eigenvalue weighted by molar-refractivity contribution is -0.384. The van der Waals surface area contributed by atoms with Gasteiger partial charge in [0.25, 0.3) is 16.8 Å². The summed E-state index contributed by atoms with van der Waals surface area (Å²) in [6, 6.07) is 16.8. The van der Waals surface area contributed by atoms with E-state index >= 15 is 0 Å². The molecular formula is C23H18N4O5S2. The topological polar surface area (TPSA) is 115 Å². The number of benzene rings is 2. The summed E-state index contributed by atoms with van der Waals surface area (Å²) >= 11 is 2.27. The van der Waals surface area contributed by atoms with Crippen molar-refractivity contribution >= 4 is 58.0 Å². The van der Waals surface area contributed by atoms with Crippen LogP contribution in [0.25, 0.3) is 11.8 Å². The summed E-state index contributed by atoms with van der Waals surface area (Å²) in [5.74, 6) is -1.06. The number of hydrogen-bond donors (Lipinski definition) is 1. The van der Waals surface area contributed by atoms with Gasteiger partial charge in [0.2, 0.25) is 5.91 Å². The number of aromatic nitrogens is 1. The molecule has 1 aliphatic rings. The highest BCUT2D eigenvalue weighted by atomic mass is 32.2. The number of nitrogens with zero attached hydrogens (tertiary/aromatic N) is 3. The number of hydrogen-bond acceptors (Lipinski definition) is 7. The number of amides is 3.